The number of hydrogen-bond acceptors (Lipinski definition) is 2. The van der Waals surface area contributed by atoms with Crippen LogP contribution in [-0.4, -0.2) is 14.2 Å². The third kappa shape index (κ3) is 4.16. The Kier molecular flexibility index (Phi) is 6.43. The molecule has 3 aromatic carbocycles. The SMILES string of the molecule is COc1ccc(Br)cc1C(c1ccc(Br)cc1)c1cc(Br)ccc1OC. The molecule has 134 valence electrons. The largest absolute Gasteiger partial charge is 0.496 e. The number of methoxy groups -OCH3 is 2. The van der Waals surface area contributed by atoms with Crippen LogP contribution in [0.15, 0.2) is 74.1 Å². The van der Waals surface area contributed by atoms with Gasteiger partial charge in [0.25, 0.3) is 0 Å². The van der Waals surface area contributed by atoms with E-state index in [2.05, 4.69) is 84.2 Å². The normalized spacial score (nSPS) is 10.8. The van der Waals surface area contributed by atoms with E-state index >= 15 is 0 Å². The summed E-state index contributed by atoms with van der Waals surface area (Å²) in [6.07, 6.45) is 0. The van der Waals surface area contributed by atoms with Crippen LogP contribution in [0, 0.1) is 0 Å². The summed E-state index contributed by atoms with van der Waals surface area (Å²) in [4.78, 5) is 0. The smallest absolute Gasteiger partial charge is 0.123 e. The minimum absolute atomic E-state index is 0.0389. The van der Waals surface area contributed by atoms with Crippen molar-refractivity contribution in [3.8, 4) is 11.5 Å². The van der Waals surface area contributed by atoms with Crippen molar-refractivity contribution < 1.29 is 9.47 Å². The van der Waals surface area contributed by atoms with Crippen molar-refractivity contribution in [1.82, 2.24) is 0 Å². The molecule has 0 fully saturated rings. The Balaban J connectivity index is 2.29. The van der Waals surface area contributed by atoms with Gasteiger partial charge in [-0.25, -0.2) is 0 Å². The van der Waals surface area contributed by atoms with Gasteiger partial charge >= 0.3 is 0 Å². The second kappa shape index (κ2) is 8.59. The molecule has 0 aliphatic heterocycles. The first-order valence-electron chi connectivity index (χ1n) is 7.96. The monoisotopic (exact) mass is 538 g/mol. The Bertz CT molecular complexity index is 854. The van der Waals surface area contributed by atoms with Crippen molar-refractivity contribution in [2.75, 3.05) is 14.2 Å². The Hall–Kier alpha value is -1.30. The van der Waals surface area contributed by atoms with E-state index in [1.54, 1.807) is 14.2 Å². The first kappa shape index (κ1) is 19.5. The highest BCUT2D eigenvalue weighted by Crippen LogP contribution is 2.43. The van der Waals surface area contributed by atoms with E-state index in [-0.39, 0.29) is 5.92 Å². The van der Waals surface area contributed by atoms with Crippen LogP contribution in [0.2, 0.25) is 0 Å². The van der Waals surface area contributed by atoms with Crippen molar-refractivity contribution >= 4 is 47.8 Å². The zero-order valence-corrected chi connectivity index (χ0v) is 19.1. The minimum Gasteiger partial charge on any atom is -0.496 e. The van der Waals surface area contributed by atoms with E-state index in [0.29, 0.717) is 0 Å². The van der Waals surface area contributed by atoms with E-state index in [4.69, 9.17) is 9.47 Å². The summed E-state index contributed by atoms with van der Waals surface area (Å²) < 4.78 is 14.4. The quantitative estimate of drug-likeness (QED) is 0.319. The number of halogens is 3. The molecule has 0 saturated carbocycles. The van der Waals surface area contributed by atoms with Gasteiger partial charge in [-0.15, -0.1) is 0 Å². The fourth-order valence-electron chi connectivity index (χ4n) is 3.04. The second-order valence-electron chi connectivity index (χ2n) is 5.76. The molecular weight excluding hydrogens is 524 g/mol. The lowest BCUT2D eigenvalue weighted by molar-refractivity contribution is 0.402. The number of benzene rings is 3. The van der Waals surface area contributed by atoms with Gasteiger partial charge in [0.15, 0.2) is 0 Å². The van der Waals surface area contributed by atoms with Crippen LogP contribution in [0.5, 0.6) is 11.5 Å². The molecule has 0 unspecified atom stereocenters. The molecular formula is C21H17Br3O2. The fourth-order valence-corrected chi connectivity index (χ4v) is 4.07. The Morgan fingerprint density at radius 1 is 0.615 bits per heavy atom. The minimum atomic E-state index is -0.0389. The van der Waals surface area contributed by atoms with Gasteiger partial charge in [0.1, 0.15) is 11.5 Å². The third-order valence-corrected chi connectivity index (χ3v) is 5.72. The second-order valence-corrected chi connectivity index (χ2v) is 8.50. The zero-order chi connectivity index (χ0) is 18.7. The molecule has 0 aliphatic rings. The standard InChI is InChI=1S/C21H17Br3O2/c1-25-19-9-7-15(23)11-17(19)21(13-3-5-14(22)6-4-13)18-12-16(24)8-10-20(18)26-2/h3-12,21H,1-2H3. The lowest BCUT2D eigenvalue weighted by Crippen LogP contribution is -2.07. The van der Waals surface area contributed by atoms with Crippen LogP contribution in [0.3, 0.4) is 0 Å². The molecule has 0 N–H and O–H groups in total. The topological polar surface area (TPSA) is 18.5 Å². The van der Waals surface area contributed by atoms with Gasteiger partial charge in [-0.05, 0) is 54.1 Å². The fraction of sp³-hybridized carbons (Fsp3) is 0.143. The highest BCUT2D eigenvalue weighted by atomic mass is 79.9. The van der Waals surface area contributed by atoms with E-state index in [1.807, 2.05) is 24.3 Å². The first-order valence-corrected chi connectivity index (χ1v) is 10.3. The maximum atomic E-state index is 5.67. The molecule has 3 rings (SSSR count). The third-order valence-electron chi connectivity index (χ3n) is 4.21. The predicted octanol–water partition coefficient (Wildman–Crippen LogP) is 7.17. The van der Waals surface area contributed by atoms with Gasteiger partial charge in [0.05, 0.1) is 14.2 Å². The molecule has 0 aromatic heterocycles. The predicted molar refractivity (Wildman–Crippen MR) is 116 cm³/mol. The van der Waals surface area contributed by atoms with Crippen LogP contribution in [0.25, 0.3) is 0 Å². The van der Waals surface area contributed by atoms with Crippen molar-refractivity contribution in [3.63, 3.8) is 0 Å². The molecule has 0 amide bonds. The molecule has 0 aliphatic carbocycles. The van der Waals surface area contributed by atoms with Gasteiger partial charge in [-0.2, -0.15) is 0 Å². The Morgan fingerprint density at radius 2 is 1.04 bits per heavy atom. The van der Waals surface area contributed by atoms with Gasteiger partial charge in [0.2, 0.25) is 0 Å². The average molecular weight is 541 g/mol. The Labute approximate surface area is 178 Å². The van der Waals surface area contributed by atoms with Gasteiger partial charge in [-0.1, -0.05) is 59.9 Å². The van der Waals surface area contributed by atoms with Crippen LogP contribution < -0.4 is 9.47 Å². The summed E-state index contributed by atoms with van der Waals surface area (Å²) in [5, 5.41) is 0. The van der Waals surface area contributed by atoms with Crippen molar-refractivity contribution in [1.29, 1.82) is 0 Å². The summed E-state index contributed by atoms with van der Waals surface area (Å²) in [6, 6.07) is 20.5. The number of hydrogen-bond donors (Lipinski definition) is 0. The van der Waals surface area contributed by atoms with Gasteiger partial charge in [0, 0.05) is 30.5 Å². The number of rotatable bonds is 5. The van der Waals surface area contributed by atoms with E-state index in [9.17, 15) is 0 Å². The van der Waals surface area contributed by atoms with Crippen LogP contribution in [0.4, 0.5) is 0 Å². The summed E-state index contributed by atoms with van der Waals surface area (Å²) in [5.74, 6) is 1.63. The molecule has 0 bridgehead atoms. The lowest BCUT2D eigenvalue weighted by atomic mass is 9.84. The summed E-state index contributed by atoms with van der Waals surface area (Å²) >= 11 is 10.7. The maximum absolute atomic E-state index is 5.67. The average Bonchev–Trinajstić information content (AvgIpc) is 2.64. The molecule has 0 spiro atoms. The van der Waals surface area contributed by atoms with Gasteiger partial charge < -0.3 is 9.47 Å². The van der Waals surface area contributed by atoms with Crippen LogP contribution in [0.1, 0.15) is 22.6 Å². The lowest BCUT2D eigenvalue weighted by Gasteiger charge is -2.23. The molecule has 0 saturated heterocycles. The van der Waals surface area contributed by atoms with Crippen molar-refractivity contribution in [2.24, 2.45) is 0 Å². The molecule has 2 nitrogen and oxygen atoms in total. The highest BCUT2D eigenvalue weighted by Gasteiger charge is 2.24. The molecule has 0 radical (unpaired) electrons. The van der Waals surface area contributed by atoms with Crippen molar-refractivity contribution in [3.05, 3.63) is 90.8 Å². The zero-order valence-electron chi connectivity index (χ0n) is 14.3. The van der Waals surface area contributed by atoms with E-state index in [0.717, 1.165) is 41.6 Å². The van der Waals surface area contributed by atoms with Gasteiger partial charge in [-0.3, -0.25) is 0 Å². The van der Waals surface area contributed by atoms with Crippen LogP contribution in [-0.2, 0) is 0 Å². The Morgan fingerprint density at radius 3 is 1.46 bits per heavy atom. The molecule has 0 heterocycles. The molecule has 0 atom stereocenters. The summed E-state index contributed by atoms with van der Waals surface area (Å²) in [6.45, 7) is 0. The molecule has 5 heteroatoms. The maximum Gasteiger partial charge on any atom is 0.123 e. The summed E-state index contributed by atoms with van der Waals surface area (Å²) in [5.41, 5.74) is 3.29. The molecule has 3 aromatic rings. The number of ether oxygens (including phenoxy) is 2. The van der Waals surface area contributed by atoms with Crippen LogP contribution >= 0.6 is 47.8 Å². The van der Waals surface area contributed by atoms with E-state index in [1.165, 1.54) is 0 Å². The van der Waals surface area contributed by atoms with Crippen molar-refractivity contribution in [2.45, 2.75) is 5.92 Å². The summed E-state index contributed by atoms with van der Waals surface area (Å²) in [7, 11) is 3.40. The first-order chi connectivity index (χ1) is 12.5. The highest BCUT2D eigenvalue weighted by molar-refractivity contribution is 9.11. The van der Waals surface area contributed by atoms with E-state index < -0.39 is 0 Å². The molecule has 26 heavy (non-hydrogen) atoms.